The summed E-state index contributed by atoms with van der Waals surface area (Å²) in [6.45, 7) is 0. The summed E-state index contributed by atoms with van der Waals surface area (Å²) < 4.78 is 0. The molecule has 2 rings (SSSR count). The van der Waals surface area contributed by atoms with Crippen LogP contribution < -0.4 is 0 Å². The van der Waals surface area contributed by atoms with E-state index in [9.17, 15) is 0 Å². The van der Waals surface area contributed by atoms with Gasteiger partial charge in [0, 0.05) is 0 Å². The Morgan fingerprint density at radius 2 is 1.85 bits per heavy atom. The van der Waals surface area contributed by atoms with Gasteiger partial charge in [-0.1, -0.05) is 12.1 Å². The zero-order chi connectivity index (χ0) is 8.39. The molecule has 13 heavy (non-hydrogen) atoms. The van der Waals surface area contributed by atoms with Crippen LogP contribution in [0.5, 0.6) is 0 Å². The van der Waals surface area contributed by atoms with Crippen molar-refractivity contribution in [3.8, 4) is 0 Å². The summed E-state index contributed by atoms with van der Waals surface area (Å²) in [5.74, 6) is 0.415. The summed E-state index contributed by atoms with van der Waals surface area (Å²) in [5, 5.41) is 0. The molecule has 0 unspecified atom stereocenters. The number of hydrogen-bond donors (Lipinski definition) is 0. The Morgan fingerprint density at radius 1 is 1.15 bits per heavy atom. The predicted octanol–water partition coefficient (Wildman–Crippen LogP) is 2.79. The van der Waals surface area contributed by atoms with Gasteiger partial charge in [0.15, 0.2) is 0 Å². The molecule has 0 saturated carbocycles. The highest BCUT2D eigenvalue weighted by atomic mass is 35.5. The smallest absolute Gasteiger partial charge is 0.0890 e. The van der Waals surface area contributed by atoms with Crippen LogP contribution >= 0.6 is 24.0 Å². The number of fused-ring (bicyclic) bond motifs is 1. The minimum absolute atomic E-state index is 0. The third-order valence-electron chi connectivity index (χ3n) is 1.64. The van der Waals surface area contributed by atoms with Crippen LogP contribution in [0.1, 0.15) is 5.69 Å². The van der Waals surface area contributed by atoms with Crippen LogP contribution in [0.3, 0.4) is 0 Å². The first kappa shape index (κ1) is 10.2. The average molecular weight is 215 g/mol. The van der Waals surface area contributed by atoms with E-state index >= 15 is 0 Å². The molecule has 0 aliphatic carbocycles. The summed E-state index contributed by atoms with van der Waals surface area (Å²) in [7, 11) is 0. The van der Waals surface area contributed by atoms with Crippen molar-refractivity contribution < 1.29 is 0 Å². The molecule has 0 amide bonds. The first-order chi connectivity index (χ1) is 5.90. The highest BCUT2D eigenvalue weighted by Crippen LogP contribution is 2.09. The molecule has 1 heterocycles. The molecule has 0 aliphatic heterocycles. The Balaban J connectivity index is 0.000000845. The standard InChI is InChI=1S/C9H7ClN2.ClH/c10-5-7-6-11-8-3-1-2-4-9(8)12-7;/h1-4,6H,5H2;1H. The third kappa shape index (κ3) is 2.08. The number of hydrogen-bond acceptors (Lipinski definition) is 2. The summed E-state index contributed by atoms with van der Waals surface area (Å²) >= 11 is 5.62. The Hall–Kier alpha value is -0.860. The largest absolute Gasteiger partial charge is 0.253 e. The molecule has 0 aliphatic rings. The van der Waals surface area contributed by atoms with Crippen LogP contribution in [0.25, 0.3) is 11.0 Å². The lowest BCUT2D eigenvalue weighted by Crippen LogP contribution is -1.88. The molecule has 2 nitrogen and oxygen atoms in total. The fourth-order valence-corrected chi connectivity index (χ4v) is 1.19. The number of alkyl halides is 1. The maximum atomic E-state index is 5.62. The maximum Gasteiger partial charge on any atom is 0.0890 e. The van der Waals surface area contributed by atoms with E-state index in [4.69, 9.17) is 11.6 Å². The Morgan fingerprint density at radius 3 is 2.54 bits per heavy atom. The van der Waals surface area contributed by atoms with Gasteiger partial charge in [-0.15, -0.1) is 24.0 Å². The van der Waals surface area contributed by atoms with Gasteiger partial charge in [-0.2, -0.15) is 0 Å². The number of nitrogens with zero attached hydrogens (tertiary/aromatic N) is 2. The fraction of sp³-hybridized carbons (Fsp3) is 0.111. The molecule has 2 aromatic rings. The minimum Gasteiger partial charge on any atom is -0.253 e. The second-order valence-corrected chi connectivity index (χ2v) is 2.75. The van der Waals surface area contributed by atoms with E-state index in [1.54, 1.807) is 6.20 Å². The molecule has 0 fully saturated rings. The molecule has 68 valence electrons. The highest BCUT2D eigenvalue weighted by Gasteiger charge is 1.96. The van der Waals surface area contributed by atoms with Crippen molar-refractivity contribution >= 4 is 35.0 Å². The lowest BCUT2D eigenvalue weighted by molar-refractivity contribution is 1.16. The second kappa shape index (κ2) is 4.40. The van der Waals surface area contributed by atoms with Gasteiger partial charge in [-0.3, -0.25) is 4.98 Å². The van der Waals surface area contributed by atoms with E-state index in [0.717, 1.165) is 16.7 Å². The third-order valence-corrected chi connectivity index (χ3v) is 1.91. The van der Waals surface area contributed by atoms with Crippen LogP contribution in [-0.4, -0.2) is 9.97 Å². The first-order valence-electron chi connectivity index (χ1n) is 3.67. The van der Waals surface area contributed by atoms with Gasteiger partial charge in [0.25, 0.3) is 0 Å². The molecule has 0 bridgehead atoms. The van der Waals surface area contributed by atoms with Gasteiger partial charge in [-0.25, -0.2) is 4.98 Å². The molecule has 1 aromatic heterocycles. The first-order valence-corrected chi connectivity index (χ1v) is 4.20. The molecule has 0 saturated heterocycles. The topological polar surface area (TPSA) is 25.8 Å². The van der Waals surface area contributed by atoms with Gasteiger partial charge < -0.3 is 0 Å². The van der Waals surface area contributed by atoms with Crippen molar-refractivity contribution in [2.45, 2.75) is 5.88 Å². The molecular weight excluding hydrogens is 207 g/mol. The maximum absolute atomic E-state index is 5.62. The van der Waals surface area contributed by atoms with Crippen molar-refractivity contribution in [3.05, 3.63) is 36.2 Å². The van der Waals surface area contributed by atoms with Crippen LogP contribution in [0.4, 0.5) is 0 Å². The Kier molecular flexibility index (Phi) is 3.46. The van der Waals surface area contributed by atoms with E-state index in [0.29, 0.717) is 5.88 Å². The van der Waals surface area contributed by atoms with Crippen molar-refractivity contribution in [1.29, 1.82) is 0 Å². The number of benzene rings is 1. The van der Waals surface area contributed by atoms with Gasteiger partial charge in [0.2, 0.25) is 0 Å². The summed E-state index contributed by atoms with van der Waals surface area (Å²) in [5.41, 5.74) is 2.62. The molecule has 0 atom stereocenters. The van der Waals surface area contributed by atoms with Crippen LogP contribution in [-0.2, 0) is 5.88 Å². The molecule has 0 N–H and O–H groups in total. The summed E-state index contributed by atoms with van der Waals surface area (Å²) in [4.78, 5) is 8.50. The normalized spacial score (nSPS) is 9.62. The molecule has 0 radical (unpaired) electrons. The highest BCUT2D eigenvalue weighted by molar-refractivity contribution is 6.16. The fourth-order valence-electron chi connectivity index (χ4n) is 1.06. The second-order valence-electron chi connectivity index (χ2n) is 2.48. The van der Waals surface area contributed by atoms with Crippen LogP contribution in [0.15, 0.2) is 30.5 Å². The van der Waals surface area contributed by atoms with E-state index < -0.39 is 0 Å². The lowest BCUT2D eigenvalue weighted by atomic mass is 10.3. The van der Waals surface area contributed by atoms with Crippen molar-refractivity contribution in [2.24, 2.45) is 0 Å². The monoisotopic (exact) mass is 214 g/mol. The van der Waals surface area contributed by atoms with Crippen molar-refractivity contribution in [1.82, 2.24) is 9.97 Å². The van der Waals surface area contributed by atoms with E-state index in [1.807, 2.05) is 24.3 Å². The molecule has 4 heteroatoms. The predicted molar refractivity (Wildman–Crippen MR) is 56.3 cm³/mol. The van der Waals surface area contributed by atoms with E-state index in [-0.39, 0.29) is 12.4 Å². The van der Waals surface area contributed by atoms with Gasteiger partial charge in [-0.05, 0) is 12.1 Å². The number of aromatic nitrogens is 2. The van der Waals surface area contributed by atoms with Gasteiger partial charge >= 0.3 is 0 Å². The Labute approximate surface area is 87.4 Å². The lowest BCUT2D eigenvalue weighted by Gasteiger charge is -1.96. The zero-order valence-corrected chi connectivity index (χ0v) is 8.35. The summed E-state index contributed by atoms with van der Waals surface area (Å²) in [6, 6.07) is 7.74. The van der Waals surface area contributed by atoms with Crippen molar-refractivity contribution in [3.63, 3.8) is 0 Å². The van der Waals surface area contributed by atoms with Gasteiger partial charge in [0.1, 0.15) is 0 Å². The number of halogens is 2. The van der Waals surface area contributed by atoms with E-state index in [1.165, 1.54) is 0 Å². The zero-order valence-electron chi connectivity index (χ0n) is 6.77. The van der Waals surface area contributed by atoms with Gasteiger partial charge in [0.05, 0.1) is 28.8 Å². The molecule has 1 aromatic carbocycles. The van der Waals surface area contributed by atoms with Crippen LogP contribution in [0, 0.1) is 0 Å². The average Bonchev–Trinajstić information content (AvgIpc) is 2.17. The van der Waals surface area contributed by atoms with Crippen molar-refractivity contribution in [2.75, 3.05) is 0 Å². The quantitative estimate of drug-likeness (QED) is 0.683. The number of para-hydroxylation sites is 2. The number of rotatable bonds is 1. The van der Waals surface area contributed by atoms with Crippen LogP contribution in [0.2, 0.25) is 0 Å². The minimum atomic E-state index is 0. The molecular formula is C9H8Cl2N2. The Bertz CT molecular complexity index is 403. The SMILES string of the molecule is Cl.ClCc1cnc2ccccc2n1. The molecule has 0 spiro atoms. The summed E-state index contributed by atoms with van der Waals surface area (Å²) in [6.07, 6.45) is 1.70. The van der Waals surface area contributed by atoms with E-state index in [2.05, 4.69) is 9.97 Å².